The molecule has 0 unspecified atom stereocenters. The summed E-state index contributed by atoms with van der Waals surface area (Å²) in [5.41, 5.74) is 0. The Hall–Kier alpha value is -2.36. The number of carbonyl (C=O) groups is 4. The number of carboxylic acids is 4. The summed E-state index contributed by atoms with van der Waals surface area (Å²) in [6, 6.07) is 0. The Balaban J connectivity index is -0.000000434. The zero-order chi connectivity index (χ0) is 27.9. The van der Waals surface area contributed by atoms with Crippen LogP contribution >= 0.6 is 0 Å². The predicted molar refractivity (Wildman–Crippen MR) is 114 cm³/mol. The van der Waals surface area contributed by atoms with Crippen LogP contribution in [0.25, 0.3) is 0 Å². The highest BCUT2D eigenvalue weighted by Crippen LogP contribution is 2.05. The summed E-state index contributed by atoms with van der Waals surface area (Å²) in [4.78, 5) is 38.8. The minimum atomic E-state index is -2.44. The van der Waals surface area contributed by atoms with Gasteiger partial charge in [-0.2, -0.15) is 0 Å². The van der Waals surface area contributed by atoms with E-state index in [0.717, 1.165) is 8.97 Å². The highest BCUT2D eigenvalue weighted by Gasteiger charge is 2.29. The van der Waals surface area contributed by atoms with Crippen LogP contribution < -0.4 is 10.2 Å². The molecule has 0 aliphatic carbocycles. The average Bonchev–Trinajstić information content (AvgIpc) is 2.67. The molecule has 202 valence electrons. The van der Waals surface area contributed by atoms with Gasteiger partial charge < -0.3 is 59.4 Å². The number of hydrogen-bond donors (Lipinski definition) is 6. The molecule has 0 aromatic carbocycles. The number of nitrogens with zero attached hydrogens (tertiary/aromatic N) is 2. The van der Waals surface area contributed by atoms with E-state index >= 15 is 0 Å². The van der Waals surface area contributed by atoms with Gasteiger partial charge in [0.2, 0.25) is 0 Å². The lowest BCUT2D eigenvalue weighted by atomic mass is 10.1. The number of carboxylic acid groups (broad SMARTS) is 4. The second kappa shape index (κ2) is 17.1. The summed E-state index contributed by atoms with van der Waals surface area (Å²) in [7, 11) is 13.6. The second-order valence-corrected chi connectivity index (χ2v) is 9.54. The minimum Gasteiger partial charge on any atom is -0.547 e. The molecule has 0 spiro atoms. The number of aliphatic hydroxyl groups excluding tert-OH is 4. The monoisotopic (exact) mass is 500 g/mol. The van der Waals surface area contributed by atoms with Crippen LogP contribution in [0.3, 0.4) is 0 Å². The molecule has 14 heteroatoms. The Kier molecular flexibility index (Phi) is 18.2. The summed E-state index contributed by atoms with van der Waals surface area (Å²) in [6.07, 6.45) is -3.86. The molecule has 0 radical (unpaired) electrons. The van der Waals surface area contributed by atoms with Crippen molar-refractivity contribution < 1.29 is 69.0 Å². The van der Waals surface area contributed by atoms with Crippen molar-refractivity contribution in [2.45, 2.75) is 50.1 Å². The molecule has 0 bridgehead atoms. The molecule has 0 fully saturated rings. The lowest BCUT2D eigenvalue weighted by molar-refractivity contribution is -0.871. The Morgan fingerprint density at radius 3 is 0.941 bits per heavy atom. The molecule has 14 nitrogen and oxygen atoms in total. The van der Waals surface area contributed by atoms with E-state index in [4.69, 9.17) is 30.6 Å². The molecule has 0 amide bonds. The molecule has 34 heavy (non-hydrogen) atoms. The maximum atomic E-state index is 9.77. The Morgan fingerprint density at radius 1 is 0.559 bits per heavy atom. The van der Waals surface area contributed by atoms with Crippen LogP contribution in [0.1, 0.15) is 25.7 Å². The molecule has 0 rings (SSSR count). The molecule has 0 aromatic rings. The standard InChI is InChI=1S/C12H30N2.2C4H6O6/c1-13(2,3)11-9-7-8-10-12-14(4,5)6;2*5-1(3(7)8)2(6)4(9)10/h7-12H2,1-6H3;2*1-2,5-6H,(H,7,8)(H,9,10)/q+2;;/p-2/t;2*1-,2-/m.11/s1. The molecule has 0 aliphatic rings. The van der Waals surface area contributed by atoms with Gasteiger partial charge in [0.05, 0.1) is 67.3 Å². The fraction of sp³-hybridized carbons (Fsp3) is 0.800. The zero-order valence-electron chi connectivity index (χ0n) is 20.6. The van der Waals surface area contributed by atoms with Crippen LogP contribution in [-0.4, -0.2) is 143 Å². The van der Waals surface area contributed by atoms with Crippen LogP contribution in [0.4, 0.5) is 0 Å². The molecular formula is C20H40N2O12. The van der Waals surface area contributed by atoms with Gasteiger partial charge in [-0.25, -0.2) is 9.59 Å². The molecule has 0 aliphatic heterocycles. The largest absolute Gasteiger partial charge is 0.547 e. The Labute approximate surface area is 199 Å². The van der Waals surface area contributed by atoms with E-state index in [1.807, 2.05) is 0 Å². The second-order valence-electron chi connectivity index (χ2n) is 9.54. The third kappa shape index (κ3) is 22.8. The first-order valence-electron chi connectivity index (χ1n) is 10.3. The van der Waals surface area contributed by atoms with Gasteiger partial charge in [-0.3, -0.25) is 0 Å². The van der Waals surface area contributed by atoms with Crippen LogP contribution in [0.5, 0.6) is 0 Å². The van der Waals surface area contributed by atoms with Gasteiger partial charge in [-0.1, -0.05) is 0 Å². The van der Waals surface area contributed by atoms with Crippen LogP contribution in [0.15, 0.2) is 0 Å². The molecule has 4 atom stereocenters. The minimum absolute atomic E-state index is 1.11. The van der Waals surface area contributed by atoms with Crippen molar-refractivity contribution in [2.75, 3.05) is 55.4 Å². The summed E-state index contributed by atoms with van der Waals surface area (Å²) in [6.45, 7) is 2.62. The molecule has 0 aromatic heterocycles. The van der Waals surface area contributed by atoms with Gasteiger partial charge in [-0.15, -0.1) is 0 Å². The third-order valence-electron chi connectivity index (χ3n) is 4.00. The van der Waals surface area contributed by atoms with E-state index in [1.54, 1.807) is 0 Å². The maximum Gasteiger partial charge on any atom is 0.335 e. The molecule has 0 heterocycles. The lowest BCUT2D eigenvalue weighted by Gasteiger charge is -2.25. The van der Waals surface area contributed by atoms with Gasteiger partial charge in [0.25, 0.3) is 0 Å². The lowest BCUT2D eigenvalue weighted by Crippen LogP contribution is -2.51. The number of quaternary nitrogens is 2. The van der Waals surface area contributed by atoms with Crippen LogP contribution in [0, 0.1) is 0 Å². The van der Waals surface area contributed by atoms with E-state index in [0.29, 0.717) is 0 Å². The van der Waals surface area contributed by atoms with Crippen LogP contribution in [-0.2, 0) is 19.2 Å². The first-order chi connectivity index (χ1) is 15.1. The molecular weight excluding hydrogens is 460 g/mol. The number of hydrogen-bond acceptors (Lipinski definition) is 10. The van der Waals surface area contributed by atoms with Crippen molar-refractivity contribution in [1.82, 2.24) is 0 Å². The molecule has 0 saturated carbocycles. The van der Waals surface area contributed by atoms with Crippen molar-refractivity contribution in [3.8, 4) is 0 Å². The number of carbonyl (C=O) groups excluding carboxylic acids is 2. The fourth-order valence-electron chi connectivity index (χ4n) is 2.05. The number of rotatable bonds is 13. The topological polar surface area (TPSA) is 236 Å². The van der Waals surface area contributed by atoms with Gasteiger partial charge in [0, 0.05) is 0 Å². The fourth-order valence-corrected chi connectivity index (χ4v) is 2.05. The van der Waals surface area contributed by atoms with Crippen molar-refractivity contribution >= 4 is 23.9 Å². The van der Waals surface area contributed by atoms with E-state index < -0.39 is 48.3 Å². The van der Waals surface area contributed by atoms with Crippen molar-refractivity contribution in [2.24, 2.45) is 0 Å². The van der Waals surface area contributed by atoms with E-state index in [1.165, 1.54) is 38.8 Å². The molecule has 0 saturated heterocycles. The van der Waals surface area contributed by atoms with Crippen LogP contribution in [0.2, 0.25) is 0 Å². The Morgan fingerprint density at radius 2 is 0.794 bits per heavy atom. The molecule has 6 N–H and O–H groups in total. The van der Waals surface area contributed by atoms with E-state index in [-0.39, 0.29) is 0 Å². The van der Waals surface area contributed by atoms with Crippen molar-refractivity contribution in [1.29, 1.82) is 0 Å². The summed E-state index contributed by atoms with van der Waals surface area (Å²) in [5, 5.41) is 68.3. The van der Waals surface area contributed by atoms with Gasteiger partial charge in [-0.05, 0) is 25.7 Å². The maximum absolute atomic E-state index is 9.77. The third-order valence-corrected chi connectivity index (χ3v) is 4.00. The normalized spacial score (nSPS) is 14.8. The highest BCUT2D eigenvalue weighted by molar-refractivity contribution is 5.83. The quantitative estimate of drug-likeness (QED) is 0.103. The SMILES string of the molecule is C[N+](C)(C)CCCCCC[N+](C)(C)C.O=C(O)[C@H](O)[C@@H](O)C(=O)O.O=C([O-])[C@H](O)[C@@H](O)C(=O)[O-]. The van der Waals surface area contributed by atoms with E-state index in [2.05, 4.69) is 42.3 Å². The first kappa shape index (κ1) is 36.2. The number of aliphatic hydroxyl groups is 4. The smallest absolute Gasteiger partial charge is 0.335 e. The van der Waals surface area contributed by atoms with E-state index in [9.17, 15) is 29.4 Å². The van der Waals surface area contributed by atoms with Gasteiger partial charge in [0.1, 0.15) is 12.2 Å². The average molecular weight is 501 g/mol. The van der Waals surface area contributed by atoms with Crippen molar-refractivity contribution in [3.63, 3.8) is 0 Å². The first-order valence-corrected chi connectivity index (χ1v) is 10.3. The highest BCUT2D eigenvalue weighted by atomic mass is 16.4. The van der Waals surface area contributed by atoms with Gasteiger partial charge in [0.15, 0.2) is 12.2 Å². The number of unbranched alkanes of at least 4 members (excludes halogenated alkanes) is 3. The predicted octanol–water partition coefficient (Wildman–Crippen LogP) is -4.96. The summed E-state index contributed by atoms with van der Waals surface area (Å²) < 4.78 is 2.21. The summed E-state index contributed by atoms with van der Waals surface area (Å²) >= 11 is 0. The van der Waals surface area contributed by atoms with Gasteiger partial charge >= 0.3 is 11.9 Å². The summed E-state index contributed by atoms with van der Waals surface area (Å²) in [5.74, 6) is -7.65. The number of aliphatic carboxylic acids is 4. The van der Waals surface area contributed by atoms with Crippen molar-refractivity contribution in [3.05, 3.63) is 0 Å². The zero-order valence-corrected chi connectivity index (χ0v) is 20.6. The Bertz CT molecular complexity index is 538.